The summed E-state index contributed by atoms with van der Waals surface area (Å²) in [6.07, 6.45) is -4.05. The Morgan fingerprint density at radius 3 is 2.42 bits per heavy atom. The van der Waals surface area contributed by atoms with Crippen LogP contribution in [0.5, 0.6) is 0 Å². The second-order valence-corrected chi connectivity index (χ2v) is 7.62. The molecule has 4 N–H and O–H groups in total. The highest BCUT2D eigenvalue weighted by molar-refractivity contribution is 14.0. The number of thiazole rings is 1. The van der Waals surface area contributed by atoms with Crippen molar-refractivity contribution in [1.29, 1.82) is 0 Å². The largest absolute Gasteiger partial charge is 0.434 e. The quantitative estimate of drug-likeness (QED) is 0.228. The molecule has 2 amide bonds. The molecular weight excluding hydrogens is 544 g/mol. The van der Waals surface area contributed by atoms with E-state index in [1.54, 1.807) is 19.2 Å². The molecule has 0 unspecified atom stereocenters. The lowest BCUT2D eigenvalue weighted by Crippen LogP contribution is -2.37. The molecule has 0 aliphatic heterocycles. The summed E-state index contributed by atoms with van der Waals surface area (Å²) in [5, 5.41) is 13.1. The van der Waals surface area contributed by atoms with Gasteiger partial charge in [0.25, 0.3) is 0 Å². The Kier molecular flexibility index (Phi) is 11.0. The predicted octanol–water partition coefficient (Wildman–Crippen LogP) is 4.22. The van der Waals surface area contributed by atoms with Gasteiger partial charge in [0.05, 0.1) is 5.01 Å². The smallest absolute Gasteiger partial charge is 0.356 e. The maximum absolute atomic E-state index is 12.6. The summed E-state index contributed by atoms with van der Waals surface area (Å²) < 4.78 is 37.7. The van der Waals surface area contributed by atoms with Gasteiger partial charge in [0.15, 0.2) is 11.7 Å². The van der Waals surface area contributed by atoms with E-state index >= 15 is 0 Å². The van der Waals surface area contributed by atoms with Crippen molar-refractivity contribution in [2.45, 2.75) is 39.0 Å². The van der Waals surface area contributed by atoms with Gasteiger partial charge in [0, 0.05) is 43.7 Å². The zero-order chi connectivity index (χ0) is 22.1. The van der Waals surface area contributed by atoms with Crippen molar-refractivity contribution in [3.05, 3.63) is 45.9 Å². The van der Waals surface area contributed by atoms with Crippen molar-refractivity contribution in [2.24, 2.45) is 4.99 Å². The number of hydrogen-bond acceptors (Lipinski definition) is 4. The summed E-state index contributed by atoms with van der Waals surface area (Å²) >= 11 is 0.989. The lowest BCUT2D eigenvalue weighted by Gasteiger charge is -2.12. The van der Waals surface area contributed by atoms with Crippen molar-refractivity contribution < 1.29 is 18.0 Å². The Morgan fingerprint density at radius 2 is 1.87 bits per heavy atom. The Hall–Kier alpha value is -2.09. The van der Waals surface area contributed by atoms with Crippen LogP contribution in [0, 0.1) is 0 Å². The van der Waals surface area contributed by atoms with E-state index in [2.05, 4.69) is 31.2 Å². The summed E-state index contributed by atoms with van der Waals surface area (Å²) in [4.78, 5) is 19.4. The van der Waals surface area contributed by atoms with Crippen LogP contribution in [-0.2, 0) is 19.1 Å². The van der Waals surface area contributed by atoms with Crippen LogP contribution in [-0.4, -0.2) is 36.6 Å². The van der Waals surface area contributed by atoms with Crippen LogP contribution in [0.4, 0.5) is 23.7 Å². The number of hydrogen-bond donors (Lipinski definition) is 4. The van der Waals surface area contributed by atoms with Crippen LogP contribution < -0.4 is 21.3 Å². The van der Waals surface area contributed by atoms with Crippen molar-refractivity contribution in [1.82, 2.24) is 20.9 Å². The molecule has 0 spiro atoms. The third kappa shape index (κ3) is 9.72. The average molecular weight is 570 g/mol. The van der Waals surface area contributed by atoms with E-state index in [1.165, 1.54) is 0 Å². The van der Waals surface area contributed by atoms with Crippen molar-refractivity contribution in [2.75, 3.05) is 18.9 Å². The number of halogens is 4. The first-order chi connectivity index (χ1) is 14.2. The first-order valence-corrected chi connectivity index (χ1v) is 10.2. The molecule has 31 heavy (non-hydrogen) atoms. The first-order valence-electron chi connectivity index (χ1n) is 9.30. The molecule has 0 saturated carbocycles. The minimum atomic E-state index is -4.41. The van der Waals surface area contributed by atoms with Gasteiger partial charge in [-0.2, -0.15) is 13.2 Å². The van der Waals surface area contributed by atoms with Gasteiger partial charge < -0.3 is 21.3 Å². The van der Waals surface area contributed by atoms with Crippen molar-refractivity contribution >= 4 is 53.0 Å². The van der Waals surface area contributed by atoms with E-state index in [-0.39, 0.29) is 36.0 Å². The second kappa shape index (κ2) is 12.7. The number of nitrogens with zero attached hydrogens (tertiary/aromatic N) is 2. The maximum atomic E-state index is 12.6. The fourth-order valence-electron chi connectivity index (χ4n) is 2.39. The van der Waals surface area contributed by atoms with Crippen LogP contribution >= 0.6 is 35.3 Å². The number of nitrogens with one attached hydrogen (secondary N) is 4. The number of aliphatic imine (C=N–C) groups is 1. The van der Waals surface area contributed by atoms with Gasteiger partial charge in [-0.15, -0.1) is 35.3 Å². The van der Waals surface area contributed by atoms with E-state index in [0.717, 1.165) is 22.3 Å². The third-order valence-electron chi connectivity index (χ3n) is 3.79. The minimum absolute atomic E-state index is 0. The topological polar surface area (TPSA) is 90.4 Å². The molecule has 0 aliphatic rings. The molecule has 2 rings (SSSR count). The number of amides is 2. The molecule has 172 valence electrons. The number of aromatic nitrogens is 1. The zero-order valence-electron chi connectivity index (χ0n) is 17.3. The summed E-state index contributed by atoms with van der Waals surface area (Å²) in [5.74, 6) is 0.529. The molecule has 12 heteroatoms. The molecule has 0 saturated heterocycles. The number of guanidine groups is 1. The van der Waals surface area contributed by atoms with Crippen LogP contribution in [0.1, 0.15) is 30.1 Å². The van der Waals surface area contributed by atoms with Gasteiger partial charge in [0.1, 0.15) is 0 Å². The first kappa shape index (κ1) is 26.9. The molecule has 1 aromatic carbocycles. The van der Waals surface area contributed by atoms with Crippen LogP contribution in [0.15, 0.2) is 34.6 Å². The van der Waals surface area contributed by atoms with Gasteiger partial charge in [-0.3, -0.25) is 4.99 Å². The predicted molar refractivity (Wildman–Crippen MR) is 128 cm³/mol. The monoisotopic (exact) mass is 570 g/mol. The number of benzene rings is 1. The van der Waals surface area contributed by atoms with E-state index in [1.807, 2.05) is 26.0 Å². The Balaban J connectivity index is 0.00000480. The van der Waals surface area contributed by atoms with Gasteiger partial charge in [0.2, 0.25) is 0 Å². The van der Waals surface area contributed by atoms with Crippen molar-refractivity contribution in [3.8, 4) is 0 Å². The molecule has 0 bridgehead atoms. The number of anilines is 1. The summed E-state index contributed by atoms with van der Waals surface area (Å²) in [6, 6.07) is 7.14. The lowest BCUT2D eigenvalue weighted by atomic mass is 10.2. The van der Waals surface area contributed by atoms with Gasteiger partial charge in [-0.25, -0.2) is 9.78 Å². The lowest BCUT2D eigenvalue weighted by molar-refractivity contribution is -0.140. The summed E-state index contributed by atoms with van der Waals surface area (Å²) in [5.41, 5.74) is 0.799. The molecule has 7 nitrogen and oxygen atoms in total. The third-order valence-corrected chi connectivity index (χ3v) is 4.70. The average Bonchev–Trinajstić information content (AvgIpc) is 3.14. The van der Waals surface area contributed by atoms with Crippen LogP contribution in [0.2, 0.25) is 0 Å². The highest BCUT2D eigenvalue weighted by Gasteiger charge is 2.33. The highest BCUT2D eigenvalue weighted by atomic mass is 127. The summed E-state index contributed by atoms with van der Waals surface area (Å²) in [6.45, 7) is 4.66. The van der Waals surface area contributed by atoms with Gasteiger partial charge in [-0.1, -0.05) is 12.1 Å². The number of carbonyl (C=O) groups excluding carboxylic acids is 1. The molecule has 1 heterocycles. The Labute approximate surface area is 200 Å². The van der Waals surface area contributed by atoms with Gasteiger partial charge >= 0.3 is 12.2 Å². The van der Waals surface area contributed by atoms with Crippen molar-refractivity contribution in [3.63, 3.8) is 0 Å². The molecule has 1 aromatic heterocycles. The number of urea groups is 1. The summed E-state index contributed by atoms with van der Waals surface area (Å²) in [7, 11) is 1.61. The van der Waals surface area contributed by atoms with E-state index < -0.39 is 11.9 Å². The SMILES string of the molecule is CN=C(NCCc1nc(C(F)(F)F)cs1)NCc1ccc(NC(=O)NC(C)C)cc1.I. The molecular formula is C19H26F3IN6OS. The normalized spacial score (nSPS) is 11.6. The number of carbonyl (C=O) groups is 1. The maximum Gasteiger partial charge on any atom is 0.434 e. The van der Waals surface area contributed by atoms with E-state index in [9.17, 15) is 18.0 Å². The number of alkyl halides is 3. The molecule has 0 fully saturated rings. The van der Waals surface area contributed by atoms with Crippen LogP contribution in [0.25, 0.3) is 0 Å². The second-order valence-electron chi connectivity index (χ2n) is 6.68. The van der Waals surface area contributed by atoms with Gasteiger partial charge in [-0.05, 0) is 31.5 Å². The van der Waals surface area contributed by atoms with E-state index in [0.29, 0.717) is 36.2 Å². The number of rotatable bonds is 7. The fraction of sp³-hybridized carbons (Fsp3) is 0.421. The zero-order valence-corrected chi connectivity index (χ0v) is 20.5. The molecule has 0 aliphatic carbocycles. The van der Waals surface area contributed by atoms with Crippen LogP contribution in [0.3, 0.4) is 0 Å². The minimum Gasteiger partial charge on any atom is -0.356 e. The standard InChI is InChI=1S/C19H25F3N6OS.HI/c1-12(2)26-18(29)27-14-6-4-13(5-7-14)10-25-17(23-3)24-9-8-16-28-15(11-30-16)19(20,21)22;/h4-7,11-12H,8-10H2,1-3H3,(H2,23,24,25)(H2,26,27,29);1H. The molecule has 0 atom stereocenters. The molecule has 2 aromatic rings. The fourth-order valence-corrected chi connectivity index (χ4v) is 3.19. The Morgan fingerprint density at radius 1 is 1.19 bits per heavy atom. The van der Waals surface area contributed by atoms with E-state index in [4.69, 9.17) is 0 Å². The molecule has 0 radical (unpaired) electrons. The Bertz CT molecular complexity index is 855. The highest BCUT2D eigenvalue weighted by Crippen LogP contribution is 2.29.